The molecule has 114 valence electrons. The van der Waals surface area contributed by atoms with E-state index in [9.17, 15) is 4.79 Å². The Labute approximate surface area is 136 Å². The van der Waals surface area contributed by atoms with Gasteiger partial charge in [0.1, 0.15) is 18.0 Å². The molecule has 7 fully saturated rings. The van der Waals surface area contributed by atoms with Gasteiger partial charge in [0, 0.05) is 22.8 Å². The molecule has 0 unspecified atom stereocenters. The summed E-state index contributed by atoms with van der Waals surface area (Å²) in [6.45, 7) is 0. The lowest BCUT2D eigenvalue weighted by Gasteiger charge is -2.74. The molecule has 2 saturated heterocycles. The van der Waals surface area contributed by atoms with E-state index in [-0.39, 0.29) is 27.1 Å². The van der Waals surface area contributed by atoms with Gasteiger partial charge in [0.15, 0.2) is 0 Å². The van der Waals surface area contributed by atoms with Gasteiger partial charge in [-0.1, -0.05) is 12.2 Å². The minimum atomic E-state index is -0.212. The van der Waals surface area contributed by atoms with Crippen molar-refractivity contribution < 1.29 is 14.6 Å². The smallest absolute Gasteiger partial charge is 0.146 e. The average Bonchev–Trinajstić information content (AvgIpc) is 3.22. The van der Waals surface area contributed by atoms with Crippen molar-refractivity contribution in [2.75, 3.05) is 11.5 Å². The van der Waals surface area contributed by atoms with E-state index in [4.69, 9.17) is 9.78 Å². The fourth-order valence-corrected chi connectivity index (χ4v) is 13.8. The van der Waals surface area contributed by atoms with E-state index in [1.165, 1.54) is 17.9 Å². The van der Waals surface area contributed by atoms with E-state index in [0.717, 1.165) is 11.8 Å². The summed E-state index contributed by atoms with van der Waals surface area (Å²) in [4.78, 5) is 25.2. The lowest BCUT2D eigenvalue weighted by Crippen LogP contribution is -2.82. The molecule has 5 heteroatoms. The fourth-order valence-electron chi connectivity index (χ4n) is 9.32. The lowest BCUT2D eigenvalue weighted by atomic mass is 9.34. The van der Waals surface area contributed by atoms with Crippen LogP contribution in [0.25, 0.3) is 0 Å². The maximum atomic E-state index is 13.6. The molecule has 10 atom stereocenters. The number of carbonyl (C=O) groups is 1. The van der Waals surface area contributed by atoms with Gasteiger partial charge in [-0.05, 0) is 36.0 Å². The number of rotatable bonds is 0. The van der Waals surface area contributed by atoms with E-state index in [1.807, 2.05) is 0 Å². The molecule has 22 heavy (non-hydrogen) atoms. The van der Waals surface area contributed by atoms with Crippen LogP contribution < -0.4 is 0 Å². The monoisotopic (exact) mass is 332 g/mol. The first-order valence-electron chi connectivity index (χ1n) is 8.63. The fraction of sp³-hybridized carbons (Fsp3) is 0.824. The van der Waals surface area contributed by atoms with Crippen molar-refractivity contribution in [1.29, 1.82) is 0 Å². The molecule has 3 heterocycles. The second-order valence-corrected chi connectivity index (χ2v) is 11.5. The molecule has 9 aliphatic rings. The largest absolute Gasteiger partial charge is 0.299 e. The maximum absolute atomic E-state index is 13.6. The van der Waals surface area contributed by atoms with Crippen LogP contribution in [-0.4, -0.2) is 33.6 Å². The molecule has 3 spiro atoms. The zero-order chi connectivity index (χ0) is 14.1. The summed E-state index contributed by atoms with van der Waals surface area (Å²) in [7, 11) is 0. The van der Waals surface area contributed by atoms with Gasteiger partial charge in [0.05, 0.1) is 9.49 Å². The summed E-state index contributed by atoms with van der Waals surface area (Å²) in [6.07, 6.45) is 5.65. The van der Waals surface area contributed by atoms with Gasteiger partial charge in [-0.15, -0.1) is 23.5 Å². The topological polar surface area (TPSA) is 35.5 Å². The Morgan fingerprint density at radius 2 is 1.77 bits per heavy atom. The minimum absolute atomic E-state index is 0.0195. The number of hydrogen-bond acceptors (Lipinski definition) is 5. The van der Waals surface area contributed by atoms with Crippen LogP contribution in [0.5, 0.6) is 0 Å². The first kappa shape index (κ1) is 11.6. The molecule has 0 aromatic heterocycles. The van der Waals surface area contributed by atoms with Crippen LogP contribution in [0.3, 0.4) is 0 Å². The third-order valence-corrected chi connectivity index (χ3v) is 12.8. The molecule has 0 radical (unpaired) electrons. The number of carbonyl (C=O) groups excluding carboxylic acids is 1. The Hall–Kier alpha value is 0.0300. The summed E-state index contributed by atoms with van der Waals surface area (Å²) in [5.74, 6) is 6.91. The minimum Gasteiger partial charge on any atom is -0.299 e. The molecule has 0 amide bonds. The number of hydrogen-bond donors (Lipinski definition) is 0. The molecule has 0 aromatic carbocycles. The SMILES string of the molecule is O=C1[C@@H]2[C@H]3C[C@H]4[C@H]2C2(SCCS2)[C@@]25[C@H]4[C@H]3[C@@]12[C@@H]1C=C[C@H]5OO1. The van der Waals surface area contributed by atoms with Gasteiger partial charge in [0.25, 0.3) is 0 Å². The highest BCUT2D eigenvalue weighted by Gasteiger charge is 3.03. The molecule has 3 nitrogen and oxygen atoms in total. The molecule has 0 aromatic rings. The van der Waals surface area contributed by atoms with E-state index >= 15 is 0 Å². The number of Topliss-reactive ketones (excluding diaryl/α,β-unsaturated/α-hetero) is 1. The van der Waals surface area contributed by atoms with Crippen molar-refractivity contribution in [3.05, 3.63) is 12.2 Å². The van der Waals surface area contributed by atoms with Crippen LogP contribution >= 0.6 is 23.5 Å². The van der Waals surface area contributed by atoms with Crippen molar-refractivity contribution >= 4 is 29.3 Å². The highest BCUT2D eigenvalue weighted by Crippen LogP contribution is 2.99. The third kappa shape index (κ3) is 0.658. The summed E-state index contributed by atoms with van der Waals surface area (Å²) in [5.41, 5.74) is -0.154. The normalized spacial score (nSPS) is 71.9. The Balaban J connectivity index is 1.56. The van der Waals surface area contributed by atoms with Gasteiger partial charge in [-0.3, -0.25) is 4.79 Å². The quantitative estimate of drug-likeness (QED) is 0.502. The highest BCUT2D eigenvalue weighted by molar-refractivity contribution is 8.21. The molecule has 5 saturated carbocycles. The average molecular weight is 332 g/mol. The molecular formula is C17H16O3S2. The van der Waals surface area contributed by atoms with Gasteiger partial charge in [-0.25, -0.2) is 9.78 Å². The molecule has 9 rings (SSSR count). The van der Waals surface area contributed by atoms with Crippen LogP contribution in [-0.2, 0) is 14.6 Å². The lowest BCUT2D eigenvalue weighted by molar-refractivity contribution is -0.458. The van der Waals surface area contributed by atoms with Crippen LogP contribution in [0.4, 0.5) is 0 Å². The third-order valence-electron chi connectivity index (χ3n) is 8.96. The predicted molar refractivity (Wildman–Crippen MR) is 82.0 cm³/mol. The van der Waals surface area contributed by atoms with Crippen molar-refractivity contribution in [3.8, 4) is 0 Å². The van der Waals surface area contributed by atoms with Crippen LogP contribution in [0.15, 0.2) is 12.2 Å². The first-order chi connectivity index (χ1) is 10.8. The first-order valence-corrected chi connectivity index (χ1v) is 10.6. The zero-order valence-electron chi connectivity index (χ0n) is 11.9. The Kier molecular flexibility index (Phi) is 1.52. The van der Waals surface area contributed by atoms with Crippen LogP contribution in [0, 0.1) is 46.3 Å². The van der Waals surface area contributed by atoms with E-state index in [0.29, 0.717) is 29.5 Å². The summed E-state index contributed by atoms with van der Waals surface area (Å²) in [5, 5.41) is 0. The van der Waals surface area contributed by atoms with Gasteiger partial charge in [0.2, 0.25) is 0 Å². The van der Waals surface area contributed by atoms with Crippen molar-refractivity contribution in [2.24, 2.45) is 46.3 Å². The van der Waals surface area contributed by atoms with Crippen molar-refractivity contribution in [3.63, 3.8) is 0 Å². The molecule has 6 aliphatic carbocycles. The van der Waals surface area contributed by atoms with E-state index in [2.05, 4.69) is 35.7 Å². The Morgan fingerprint density at radius 1 is 1.00 bits per heavy atom. The molecule has 3 aliphatic heterocycles. The second-order valence-electron chi connectivity index (χ2n) is 8.55. The predicted octanol–water partition coefficient (Wildman–Crippen LogP) is 2.13. The summed E-state index contributed by atoms with van der Waals surface area (Å²) >= 11 is 4.39. The maximum Gasteiger partial charge on any atom is 0.146 e. The highest BCUT2D eigenvalue weighted by atomic mass is 32.2. The molecular weight excluding hydrogens is 316 g/mol. The summed E-state index contributed by atoms with van der Waals surface area (Å²) < 4.78 is 0.250. The number of ketones is 1. The van der Waals surface area contributed by atoms with Crippen molar-refractivity contribution in [1.82, 2.24) is 0 Å². The van der Waals surface area contributed by atoms with Crippen LogP contribution in [0.2, 0.25) is 0 Å². The molecule has 4 bridgehead atoms. The molecule has 0 N–H and O–H groups in total. The van der Waals surface area contributed by atoms with Gasteiger partial charge < -0.3 is 0 Å². The standard InChI is InChI=1S/C17H16O3S2/c18-14-10-6-5-7-11(10)17(21-3-4-22-17)16-9-2-1-8(19-20-9)15(14,16)12(6)13(7)16/h1-2,6-13H,3-5H2/t6-,7+,8+,9-,10-,11-,12+,13-,15+,16+/m1/s1. The Morgan fingerprint density at radius 3 is 2.55 bits per heavy atom. The van der Waals surface area contributed by atoms with Crippen molar-refractivity contribution in [2.45, 2.75) is 22.7 Å². The van der Waals surface area contributed by atoms with Gasteiger partial charge in [-0.2, -0.15) is 0 Å². The van der Waals surface area contributed by atoms with Crippen LogP contribution in [0.1, 0.15) is 6.42 Å². The summed E-state index contributed by atoms with van der Waals surface area (Å²) in [6, 6.07) is 0. The van der Waals surface area contributed by atoms with E-state index < -0.39 is 0 Å². The van der Waals surface area contributed by atoms with E-state index in [1.54, 1.807) is 0 Å². The number of fused-ring (bicyclic) bond motifs is 3. The zero-order valence-corrected chi connectivity index (χ0v) is 13.6. The number of thioether (sulfide) groups is 2. The second kappa shape index (κ2) is 2.89. The van der Waals surface area contributed by atoms with Gasteiger partial charge >= 0.3 is 0 Å². The Bertz CT molecular complexity index is 715.